The minimum absolute atomic E-state index is 0.243. The summed E-state index contributed by atoms with van der Waals surface area (Å²) in [6.07, 6.45) is 3.76. The van der Waals surface area contributed by atoms with Crippen LogP contribution < -0.4 is 10.6 Å². The molecule has 134 valence electrons. The van der Waals surface area contributed by atoms with Crippen LogP contribution in [0.25, 0.3) is 0 Å². The van der Waals surface area contributed by atoms with Gasteiger partial charge < -0.3 is 10.6 Å². The lowest BCUT2D eigenvalue weighted by Gasteiger charge is -2.09. The summed E-state index contributed by atoms with van der Waals surface area (Å²) >= 11 is 0. The Balaban J connectivity index is 1.38. The fourth-order valence-corrected chi connectivity index (χ4v) is 2.52. The highest BCUT2D eigenvalue weighted by atomic mass is 19.1. The maximum atomic E-state index is 13.1. The minimum Gasteiger partial charge on any atom is -0.338 e. The van der Waals surface area contributed by atoms with Crippen molar-refractivity contribution >= 4 is 6.03 Å². The van der Waals surface area contributed by atoms with Crippen molar-refractivity contribution in [1.29, 1.82) is 0 Å². The number of benzene rings is 2. The quantitative estimate of drug-likeness (QED) is 0.686. The fraction of sp³-hybridized carbons (Fsp3) is 0.211. The first-order chi connectivity index (χ1) is 12.7. The molecule has 2 aromatic carbocycles. The Labute approximate surface area is 151 Å². The molecule has 0 aliphatic rings. The smallest absolute Gasteiger partial charge is 0.315 e. The van der Waals surface area contributed by atoms with E-state index in [1.807, 2.05) is 30.3 Å². The Morgan fingerprint density at radius 2 is 1.85 bits per heavy atom. The van der Waals surface area contributed by atoms with Crippen molar-refractivity contribution < 1.29 is 9.18 Å². The fourth-order valence-electron chi connectivity index (χ4n) is 2.52. The van der Waals surface area contributed by atoms with Crippen LogP contribution in [0.1, 0.15) is 16.7 Å². The third-order valence-electron chi connectivity index (χ3n) is 3.88. The minimum atomic E-state index is -0.265. The van der Waals surface area contributed by atoms with E-state index in [0.29, 0.717) is 26.1 Å². The molecule has 0 spiro atoms. The number of urea groups is 1. The van der Waals surface area contributed by atoms with Gasteiger partial charge in [-0.15, -0.1) is 0 Å². The summed E-state index contributed by atoms with van der Waals surface area (Å²) in [7, 11) is 0. The number of hydrogen-bond donors (Lipinski definition) is 2. The zero-order chi connectivity index (χ0) is 18.2. The van der Waals surface area contributed by atoms with E-state index in [9.17, 15) is 9.18 Å². The van der Waals surface area contributed by atoms with Gasteiger partial charge in [0.2, 0.25) is 0 Å². The Morgan fingerprint density at radius 3 is 2.58 bits per heavy atom. The van der Waals surface area contributed by atoms with Crippen LogP contribution in [-0.2, 0) is 19.5 Å². The number of hydrogen-bond acceptors (Lipinski definition) is 3. The first kappa shape index (κ1) is 17.6. The Hall–Kier alpha value is -3.22. The van der Waals surface area contributed by atoms with E-state index in [0.717, 1.165) is 16.7 Å². The summed E-state index contributed by atoms with van der Waals surface area (Å²) in [4.78, 5) is 15.7. The average molecular weight is 353 g/mol. The van der Waals surface area contributed by atoms with Crippen LogP contribution in [0, 0.1) is 5.82 Å². The molecule has 6 nitrogen and oxygen atoms in total. The summed E-state index contributed by atoms with van der Waals surface area (Å²) in [5.74, 6) is -0.265. The van der Waals surface area contributed by atoms with Crippen molar-refractivity contribution in [2.24, 2.45) is 0 Å². The zero-order valence-corrected chi connectivity index (χ0v) is 14.2. The summed E-state index contributed by atoms with van der Waals surface area (Å²) in [6, 6.07) is 14.1. The van der Waals surface area contributed by atoms with Gasteiger partial charge >= 0.3 is 6.03 Å². The molecule has 1 aromatic heterocycles. The van der Waals surface area contributed by atoms with Crippen LogP contribution in [0.5, 0.6) is 0 Å². The van der Waals surface area contributed by atoms with E-state index < -0.39 is 0 Å². The molecule has 0 bridgehead atoms. The highest BCUT2D eigenvalue weighted by Gasteiger charge is 2.02. The van der Waals surface area contributed by atoms with E-state index in [2.05, 4.69) is 20.7 Å². The Morgan fingerprint density at radius 1 is 1.04 bits per heavy atom. The van der Waals surface area contributed by atoms with Crippen molar-refractivity contribution in [3.05, 3.63) is 83.7 Å². The average Bonchev–Trinajstić information content (AvgIpc) is 3.14. The Bertz CT molecular complexity index is 833. The van der Waals surface area contributed by atoms with Crippen molar-refractivity contribution in [1.82, 2.24) is 25.4 Å². The van der Waals surface area contributed by atoms with Crippen LogP contribution in [0.15, 0.2) is 61.2 Å². The summed E-state index contributed by atoms with van der Waals surface area (Å²) in [6.45, 7) is 1.55. The van der Waals surface area contributed by atoms with Crippen LogP contribution in [-0.4, -0.2) is 27.3 Å². The summed E-state index contributed by atoms with van der Waals surface area (Å²) < 4.78 is 14.8. The molecule has 3 rings (SSSR count). The molecular weight excluding hydrogens is 333 g/mol. The van der Waals surface area contributed by atoms with Gasteiger partial charge in [0.1, 0.15) is 18.5 Å². The highest BCUT2D eigenvalue weighted by Crippen LogP contribution is 2.06. The lowest BCUT2D eigenvalue weighted by Crippen LogP contribution is -2.36. The summed E-state index contributed by atoms with van der Waals surface area (Å²) in [5, 5.41) is 9.65. The molecule has 26 heavy (non-hydrogen) atoms. The Kier molecular flexibility index (Phi) is 5.92. The molecule has 0 aliphatic carbocycles. The maximum absolute atomic E-state index is 13.1. The molecule has 0 saturated carbocycles. The van der Waals surface area contributed by atoms with Gasteiger partial charge in [-0.3, -0.25) is 0 Å². The van der Waals surface area contributed by atoms with Gasteiger partial charge in [-0.2, -0.15) is 5.10 Å². The molecular formula is C19H20FN5O. The molecule has 2 amide bonds. The number of rotatable bonds is 7. The normalized spacial score (nSPS) is 10.5. The van der Waals surface area contributed by atoms with Crippen molar-refractivity contribution in [3.63, 3.8) is 0 Å². The maximum Gasteiger partial charge on any atom is 0.315 e. The largest absolute Gasteiger partial charge is 0.338 e. The van der Waals surface area contributed by atoms with E-state index >= 15 is 0 Å². The standard InChI is InChI=1S/C19H20FN5O/c20-18-3-1-2-15(10-18)8-9-22-19(26)23-11-16-4-6-17(7-5-16)12-25-14-21-13-24-25/h1-7,10,13-14H,8-9,11-12H2,(H2,22,23,26). The molecule has 0 radical (unpaired) electrons. The predicted molar refractivity (Wildman–Crippen MR) is 95.9 cm³/mol. The van der Waals surface area contributed by atoms with Crippen LogP contribution in [0.3, 0.4) is 0 Å². The molecule has 0 fully saturated rings. The van der Waals surface area contributed by atoms with E-state index in [1.165, 1.54) is 18.5 Å². The van der Waals surface area contributed by atoms with Crippen molar-refractivity contribution in [3.8, 4) is 0 Å². The highest BCUT2D eigenvalue weighted by molar-refractivity contribution is 5.73. The van der Waals surface area contributed by atoms with Crippen molar-refractivity contribution in [2.45, 2.75) is 19.5 Å². The number of nitrogens with zero attached hydrogens (tertiary/aromatic N) is 3. The third kappa shape index (κ3) is 5.41. The second kappa shape index (κ2) is 8.75. The van der Waals surface area contributed by atoms with Crippen LogP contribution in [0.2, 0.25) is 0 Å². The van der Waals surface area contributed by atoms with E-state index in [1.54, 1.807) is 17.1 Å². The topological polar surface area (TPSA) is 71.8 Å². The number of carbonyl (C=O) groups is 1. The monoisotopic (exact) mass is 353 g/mol. The van der Waals surface area contributed by atoms with Gasteiger partial charge in [0, 0.05) is 13.1 Å². The van der Waals surface area contributed by atoms with Gasteiger partial charge in [-0.1, -0.05) is 36.4 Å². The molecule has 0 aliphatic heterocycles. The molecule has 0 unspecified atom stereocenters. The lowest BCUT2D eigenvalue weighted by atomic mass is 10.1. The van der Waals surface area contributed by atoms with Crippen LogP contribution >= 0.6 is 0 Å². The van der Waals surface area contributed by atoms with E-state index in [4.69, 9.17) is 0 Å². The van der Waals surface area contributed by atoms with Crippen molar-refractivity contribution in [2.75, 3.05) is 6.54 Å². The second-order valence-corrected chi connectivity index (χ2v) is 5.90. The molecule has 0 saturated heterocycles. The van der Waals surface area contributed by atoms with E-state index in [-0.39, 0.29) is 11.8 Å². The summed E-state index contributed by atoms with van der Waals surface area (Å²) in [5.41, 5.74) is 2.97. The zero-order valence-electron chi connectivity index (χ0n) is 14.2. The molecule has 1 heterocycles. The van der Waals surface area contributed by atoms with Crippen LogP contribution in [0.4, 0.5) is 9.18 Å². The molecule has 7 heteroatoms. The number of amides is 2. The molecule has 2 N–H and O–H groups in total. The van der Waals surface area contributed by atoms with Gasteiger partial charge in [-0.25, -0.2) is 18.9 Å². The first-order valence-electron chi connectivity index (χ1n) is 8.35. The number of carbonyl (C=O) groups excluding carboxylic acids is 1. The van der Waals surface area contributed by atoms with Gasteiger partial charge in [-0.05, 0) is 35.2 Å². The number of halogens is 1. The second-order valence-electron chi connectivity index (χ2n) is 5.90. The predicted octanol–water partition coefficient (Wildman–Crippen LogP) is 2.51. The number of nitrogens with one attached hydrogen (secondary N) is 2. The number of aromatic nitrogens is 3. The SMILES string of the molecule is O=C(NCCc1cccc(F)c1)NCc1ccc(Cn2cncn2)cc1. The van der Waals surface area contributed by atoms with Gasteiger partial charge in [0.05, 0.1) is 6.54 Å². The molecule has 3 aromatic rings. The first-order valence-corrected chi connectivity index (χ1v) is 8.35. The third-order valence-corrected chi connectivity index (χ3v) is 3.88. The van der Waals surface area contributed by atoms with Gasteiger partial charge in [0.25, 0.3) is 0 Å². The van der Waals surface area contributed by atoms with Gasteiger partial charge in [0.15, 0.2) is 0 Å². The molecule has 0 atom stereocenters. The lowest BCUT2D eigenvalue weighted by molar-refractivity contribution is 0.240.